The molecule has 6 nitrogen and oxygen atoms in total. The van der Waals surface area contributed by atoms with Gasteiger partial charge in [0.25, 0.3) is 0 Å². The van der Waals surface area contributed by atoms with Crippen LogP contribution in [0.25, 0.3) is 5.69 Å². The van der Waals surface area contributed by atoms with Crippen LogP contribution in [0.3, 0.4) is 0 Å². The van der Waals surface area contributed by atoms with Crippen LogP contribution in [0.2, 0.25) is 0 Å². The van der Waals surface area contributed by atoms with Gasteiger partial charge in [-0.3, -0.25) is 0 Å². The average molecular weight is 302 g/mol. The summed E-state index contributed by atoms with van der Waals surface area (Å²) in [4.78, 5) is 12.0. The molecule has 0 spiro atoms. The Morgan fingerprint density at radius 1 is 1.48 bits per heavy atom. The van der Waals surface area contributed by atoms with Crippen LogP contribution in [0, 0.1) is 11.3 Å². The Balaban J connectivity index is 2.50. The highest BCUT2D eigenvalue weighted by molar-refractivity contribution is 7.98. The van der Waals surface area contributed by atoms with E-state index in [9.17, 15) is 4.79 Å². The summed E-state index contributed by atoms with van der Waals surface area (Å²) in [5.74, 6) is -0.262. The maximum absolute atomic E-state index is 12.0. The molecule has 0 aliphatic carbocycles. The lowest BCUT2D eigenvalue weighted by molar-refractivity contribution is 0.0523. The number of hydrogen-bond acceptors (Lipinski definition) is 6. The van der Waals surface area contributed by atoms with Gasteiger partial charge in [-0.05, 0) is 37.4 Å². The number of nitrogens with zero attached hydrogens (tertiary/aromatic N) is 3. The van der Waals surface area contributed by atoms with E-state index >= 15 is 0 Å². The van der Waals surface area contributed by atoms with Gasteiger partial charge in [0.1, 0.15) is 16.4 Å². The molecule has 21 heavy (non-hydrogen) atoms. The number of rotatable bonds is 4. The summed E-state index contributed by atoms with van der Waals surface area (Å²) in [6.45, 7) is 2.01. The number of benzene rings is 1. The molecule has 0 radical (unpaired) electrons. The molecule has 1 aromatic heterocycles. The van der Waals surface area contributed by atoms with Crippen LogP contribution in [0.15, 0.2) is 29.3 Å². The molecule has 0 saturated carbocycles. The van der Waals surface area contributed by atoms with Crippen molar-refractivity contribution in [2.24, 2.45) is 0 Å². The van der Waals surface area contributed by atoms with Gasteiger partial charge in [-0.1, -0.05) is 0 Å². The minimum Gasteiger partial charge on any atom is -0.462 e. The number of carbonyl (C=O) groups excluding carboxylic acids is 1. The normalized spacial score (nSPS) is 10.1. The highest BCUT2D eigenvalue weighted by atomic mass is 32.2. The topological polar surface area (TPSA) is 93.9 Å². The van der Waals surface area contributed by atoms with Crippen molar-refractivity contribution >= 4 is 23.5 Å². The number of hydrogen-bond donors (Lipinski definition) is 1. The standard InChI is InChI=1S/C14H14N4O2S/c1-3-20-14(19)11-12(16)18(17-13(11)21-2)10-6-4-9(8-15)5-7-10/h4-7H,3,16H2,1-2H3. The molecular weight excluding hydrogens is 288 g/mol. The van der Waals surface area contributed by atoms with Crippen molar-refractivity contribution < 1.29 is 9.53 Å². The highest BCUT2D eigenvalue weighted by Crippen LogP contribution is 2.28. The molecule has 0 saturated heterocycles. The molecule has 108 valence electrons. The zero-order chi connectivity index (χ0) is 15.4. The Morgan fingerprint density at radius 3 is 2.67 bits per heavy atom. The Morgan fingerprint density at radius 2 is 2.14 bits per heavy atom. The van der Waals surface area contributed by atoms with E-state index in [-0.39, 0.29) is 18.0 Å². The van der Waals surface area contributed by atoms with Crippen molar-refractivity contribution in [3.05, 3.63) is 35.4 Å². The van der Waals surface area contributed by atoms with Crippen molar-refractivity contribution in [1.29, 1.82) is 5.26 Å². The molecule has 0 bridgehead atoms. The fourth-order valence-electron chi connectivity index (χ4n) is 1.82. The summed E-state index contributed by atoms with van der Waals surface area (Å²) in [5.41, 5.74) is 7.53. The second-order valence-electron chi connectivity index (χ2n) is 4.06. The van der Waals surface area contributed by atoms with Crippen LogP contribution in [0.1, 0.15) is 22.8 Å². The number of thioether (sulfide) groups is 1. The predicted molar refractivity (Wildman–Crippen MR) is 80.4 cm³/mol. The number of nitrogen functional groups attached to an aromatic ring is 1. The van der Waals surface area contributed by atoms with Gasteiger partial charge in [0, 0.05) is 0 Å². The Hall–Kier alpha value is -2.46. The molecule has 0 atom stereocenters. The van der Waals surface area contributed by atoms with Gasteiger partial charge in [-0.2, -0.15) is 10.4 Å². The minimum atomic E-state index is -0.487. The summed E-state index contributed by atoms with van der Waals surface area (Å²) in [6, 6.07) is 8.82. The van der Waals surface area contributed by atoms with Crippen LogP contribution in [-0.2, 0) is 4.74 Å². The van der Waals surface area contributed by atoms with Crippen LogP contribution in [0.4, 0.5) is 5.82 Å². The maximum atomic E-state index is 12.0. The average Bonchev–Trinajstić information content (AvgIpc) is 2.84. The van der Waals surface area contributed by atoms with E-state index in [0.717, 1.165) is 0 Å². The van der Waals surface area contributed by atoms with Gasteiger partial charge in [0.2, 0.25) is 0 Å². The van der Waals surface area contributed by atoms with E-state index in [1.807, 2.05) is 12.3 Å². The Kier molecular flexibility index (Phi) is 4.50. The first-order valence-corrected chi connectivity index (χ1v) is 7.45. The fraction of sp³-hybridized carbons (Fsp3) is 0.214. The summed E-state index contributed by atoms with van der Waals surface area (Å²) in [6.07, 6.45) is 1.81. The van der Waals surface area contributed by atoms with Gasteiger partial charge in [-0.15, -0.1) is 11.8 Å². The van der Waals surface area contributed by atoms with Gasteiger partial charge in [0.15, 0.2) is 0 Å². The second-order valence-corrected chi connectivity index (χ2v) is 4.86. The number of esters is 1. The number of anilines is 1. The lowest BCUT2D eigenvalue weighted by Crippen LogP contribution is -2.09. The van der Waals surface area contributed by atoms with Crippen molar-refractivity contribution in [2.45, 2.75) is 11.9 Å². The van der Waals surface area contributed by atoms with Gasteiger partial charge in [0.05, 0.1) is 23.9 Å². The molecule has 7 heteroatoms. The highest BCUT2D eigenvalue weighted by Gasteiger charge is 2.23. The molecule has 2 aromatic rings. The second kappa shape index (κ2) is 6.33. The molecule has 1 aromatic carbocycles. The van der Waals surface area contributed by atoms with Gasteiger partial charge in [-0.25, -0.2) is 9.48 Å². The van der Waals surface area contributed by atoms with Crippen LogP contribution in [-0.4, -0.2) is 28.6 Å². The van der Waals surface area contributed by atoms with Crippen LogP contribution >= 0.6 is 11.8 Å². The van der Waals surface area contributed by atoms with E-state index in [2.05, 4.69) is 5.10 Å². The third kappa shape index (κ3) is 2.85. The third-order valence-corrected chi connectivity index (χ3v) is 3.48. The van der Waals surface area contributed by atoms with Gasteiger partial charge < -0.3 is 10.5 Å². The van der Waals surface area contributed by atoms with Crippen molar-refractivity contribution in [2.75, 3.05) is 18.6 Å². The molecule has 0 aliphatic heterocycles. The molecular formula is C14H14N4O2S. The summed E-state index contributed by atoms with van der Waals surface area (Å²) >= 11 is 1.32. The van der Waals surface area contributed by atoms with E-state index in [4.69, 9.17) is 15.7 Å². The zero-order valence-electron chi connectivity index (χ0n) is 11.7. The number of aromatic nitrogens is 2. The van der Waals surface area contributed by atoms with Crippen molar-refractivity contribution in [3.8, 4) is 11.8 Å². The number of nitrogens with two attached hydrogens (primary N) is 1. The summed E-state index contributed by atoms with van der Waals surface area (Å²) in [5, 5.41) is 13.6. The van der Waals surface area contributed by atoms with Crippen LogP contribution in [0.5, 0.6) is 0 Å². The van der Waals surface area contributed by atoms with Gasteiger partial charge >= 0.3 is 5.97 Å². The Bertz CT molecular complexity index is 701. The molecule has 2 rings (SSSR count). The quantitative estimate of drug-likeness (QED) is 0.687. The summed E-state index contributed by atoms with van der Waals surface area (Å²) < 4.78 is 6.48. The smallest absolute Gasteiger partial charge is 0.344 e. The third-order valence-electron chi connectivity index (χ3n) is 2.80. The zero-order valence-corrected chi connectivity index (χ0v) is 12.5. The monoisotopic (exact) mass is 302 g/mol. The maximum Gasteiger partial charge on any atom is 0.344 e. The molecule has 0 amide bonds. The fourth-order valence-corrected chi connectivity index (χ4v) is 2.38. The molecule has 1 heterocycles. The largest absolute Gasteiger partial charge is 0.462 e. The number of nitriles is 1. The first kappa shape index (κ1) is 14.9. The van der Waals surface area contributed by atoms with E-state index in [1.165, 1.54) is 16.4 Å². The number of ether oxygens (including phenoxy) is 1. The van der Waals surface area contributed by atoms with Crippen LogP contribution < -0.4 is 5.73 Å². The minimum absolute atomic E-state index is 0.225. The molecule has 0 aliphatic rings. The lowest BCUT2D eigenvalue weighted by Gasteiger charge is -2.05. The number of carbonyl (C=O) groups is 1. The lowest BCUT2D eigenvalue weighted by atomic mass is 10.2. The van der Waals surface area contributed by atoms with E-state index in [0.29, 0.717) is 16.3 Å². The predicted octanol–water partition coefficient (Wildman–Crippen LogP) is 2.22. The Labute approximate surface area is 126 Å². The van der Waals surface area contributed by atoms with Crippen molar-refractivity contribution in [1.82, 2.24) is 9.78 Å². The molecule has 2 N–H and O–H groups in total. The SMILES string of the molecule is CCOC(=O)c1c(SC)nn(-c2ccc(C#N)cc2)c1N. The first-order chi connectivity index (χ1) is 10.1. The molecule has 0 unspecified atom stereocenters. The van der Waals surface area contributed by atoms with E-state index < -0.39 is 5.97 Å². The summed E-state index contributed by atoms with van der Waals surface area (Å²) in [7, 11) is 0. The first-order valence-electron chi connectivity index (χ1n) is 6.22. The molecule has 0 fully saturated rings. The van der Waals surface area contributed by atoms with Crippen molar-refractivity contribution in [3.63, 3.8) is 0 Å². The van der Waals surface area contributed by atoms with E-state index in [1.54, 1.807) is 31.2 Å².